The van der Waals surface area contributed by atoms with E-state index in [-0.39, 0.29) is 5.91 Å². The molecule has 1 aromatic carbocycles. The second kappa shape index (κ2) is 8.09. The lowest BCUT2D eigenvalue weighted by molar-refractivity contribution is -0.132. The molecule has 2 rings (SSSR count). The first-order chi connectivity index (χ1) is 12.1. The van der Waals surface area contributed by atoms with Crippen LogP contribution in [0.1, 0.15) is 54.0 Å². The van der Waals surface area contributed by atoms with Crippen molar-refractivity contribution < 1.29 is 13.2 Å². The summed E-state index contributed by atoms with van der Waals surface area (Å²) in [5.74, 6) is 0.137. The molecule has 1 fully saturated rings. The molecule has 1 amide bonds. The van der Waals surface area contributed by atoms with Crippen molar-refractivity contribution in [2.75, 3.05) is 26.2 Å². The number of carbonyl (C=O) groups is 1. The molecule has 146 valence electrons. The summed E-state index contributed by atoms with van der Waals surface area (Å²) < 4.78 is 28.2. The Morgan fingerprint density at radius 3 is 1.77 bits per heavy atom. The van der Waals surface area contributed by atoms with Gasteiger partial charge in [-0.05, 0) is 68.9 Å². The topological polar surface area (TPSA) is 57.7 Å². The minimum Gasteiger partial charge on any atom is -0.340 e. The predicted octanol–water partition coefficient (Wildman–Crippen LogP) is 3.25. The van der Waals surface area contributed by atoms with Gasteiger partial charge in [0.15, 0.2) is 0 Å². The lowest BCUT2D eigenvalue weighted by atomic mass is 9.95. The van der Waals surface area contributed by atoms with Gasteiger partial charge in [0.2, 0.25) is 15.9 Å². The van der Waals surface area contributed by atoms with Crippen molar-refractivity contribution in [3.05, 3.63) is 27.8 Å². The van der Waals surface area contributed by atoms with Crippen LogP contribution in [-0.4, -0.2) is 49.7 Å². The van der Waals surface area contributed by atoms with E-state index in [1.165, 1.54) is 0 Å². The highest BCUT2D eigenvalue weighted by molar-refractivity contribution is 7.89. The van der Waals surface area contributed by atoms with E-state index in [1.54, 1.807) is 9.21 Å². The van der Waals surface area contributed by atoms with Gasteiger partial charge in [-0.2, -0.15) is 4.31 Å². The van der Waals surface area contributed by atoms with Crippen molar-refractivity contribution in [1.82, 2.24) is 9.21 Å². The summed E-state index contributed by atoms with van der Waals surface area (Å²) >= 11 is 0. The maximum absolute atomic E-state index is 13.3. The average molecular weight is 381 g/mol. The highest BCUT2D eigenvalue weighted by atomic mass is 32.2. The second-order valence-electron chi connectivity index (χ2n) is 7.34. The molecule has 26 heavy (non-hydrogen) atoms. The SMILES string of the molecule is CCCCC(=O)N1CCN(S(=O)(=O)c2c(C)c(C)c(C)c(C)c2C)CC1. The monoisotopic (exact) mass is 380 g/mol. The summed E-state index contributed by atoms with van der Waals surface area (Å²) in [6.07, 6.45) is 2.43. The molecule has 0 saturated carbocycles. The number of hydrogen-bond donors (Lipinski definition) is 0. The third-order valence-electron chi connectivity index (χ3n) is 5.86. The standard InChI is InChI=1S/C20H32N2O3S/c1-7-8-9-19(23)21-10-12-22(13-11-21)26(24,25)20-17(5)15(3)14(2)16(4)18(20)6/h7-13H2,1-6H3. The van der Waals surface area contributed by atoms with Gasteiger partial charge in [-0.3, -0.25) is 4.79 Å². The van der Waals surface area contributed by atoms with Crippen LogP contribution in [0, 0.1) is 34.6 Å². The Labute approximate surface area is 158 Å². The van der Waals surface area contributed by atoms with Gasteiger partial charge in [0.05, 0.1) is 4.90 Å². The van der Waals surface area contributed by atoms with Crippen LogP contribution in [0.15, 0.2) is 4.90 Å². The van der Waals surface area contributed by atoms with Crippen molar-refractivity contribution in [2.24, 2.45) is 0 Å². The first kappa shape index (κ1) is 20.9. The average Bonchev–Trinajstić information content (AvgIpc) is 2.62. The number of amides is 1. The van der Waals surface area contributed by atoms with E-state index in [9.17, 15) is 13.2 Å². The van der Waals surface area contributed by atoms with Crippen LogP contribution in [0.3, 0.4) is 0 Å². The molecular weight excluding hydrogens is 348 g/mol. The quantitative estimate of drug-likeness (QED) is 0.788. The summed E-state index contributed by atoms with van der Waals surface area (Å²) in [7, 11) is -3.56. The summed E-state index contributed by atoms with van der Waals surface area (Å²) in [6.45, 7) is 13.6. The molecule has 1 aromatic rings. The highest BCUT2D eigenvalue weighted by Crippen LogP contribution is 2.31. The van der Waals surface area contributed by atoms with Gasteiger partial charge in [0, 0.05) is 32.6 Å². The maximum atomic E-state index is 13.3. The van der Waals surface area contributed by atoms with Gasteiger partial charge < -0.3 is 4.90 Å². The van der Waals surface area contributed by atoms with Crippen LogP contribution in [0.5, 0.6) is 0 Å². The fraction of sp³-hybridized carbons (Fsp3) is 0.650. The van der Waals surface area contributed by atoms with Gasteiger partial charge in [-0.15, -0.1) is 0 Å². The zero-order valence-corrected chi connectivity index (χ0v) is 17.8. The molecule has 0 N–H and O–H groups in total. The second-order valence-corrected chi connectivity index (χ2v) is 9.22. The summed E-state index contributed by atoms with van der Waals surface area (Å²) in [4.78, 5) is 14.4. The number of unbranched alkanes of at least 4 members (excludes halogenated alkanes) is 1. The minimum absolute atomic E-state index is 0.137. The maximum Gasteiger partial charge on any atom is 0.243 e. The number of piperazine rings is 1. The largest absolute Gasteiger partial charge is 0.340 e. The zero-order valence-electron chi connectivity index (χ0n) is 17.0. The Bertz CT molecular complexity index is 763. The Kier molecular flexibility index (Phi) is 6.51. The Morgan fingerprint density at radius 2 is 1.31 bits per heavy atom. The van der Waals surface area contributed by atoms with Crippen molar-refractivity contribution in [3.8, 4) is 0 Å². The molecule has 0 atom stereocenters. The number of benzene rings is 1. The first-order valence-corrected chi connectivity index (χ1v) is 10.9. The fourth-order valence-electron chi connectivity index (χ4n) is 3.65. The fourth-order valence-corrected chi connectivity index (χ4v) is 5.63. The minimum atomic E-state index is -3.56. The van der Waals surface area contributed by atoms with E-state index in [4.69, 9.17) is 0 Å². The van der Waals surface area contributed by atoms with Crippen LogP contribution >= 0.6 is 0 Å². The lowest BCUT2D eigenvalue weighted by Gasteiger charge is -2.35. The normalized spacial score (nSPS) is 16.2. The van der Waals surface area contributed by atoms with Crippen LogP contribution in [0.25, 0.3) is 0 Å². The molecule has 0 bridgehead atoms. The Balaban J connectivity index is 2.25. The molecule has 1 heterocycles. The van der Waals surface area contributed by atoms with Crippen molar-refractivity contribution in [1.29, 1.82) is 0 Å². The molecule has 1 saturated heterocycles. The summed E-state index contributed by atoms with van der Waals surface area (Å²) in [5.41, 5.74) is 4.92. The Morgan fingerprint density at radius 1 is 0.846 bits per heavy atom. The Hall–Kier alpha value is -1.40. The van der Waals surface area contributed by atoms with E-state index >= 15 is 0 Å². The van der Waals surface area contributed by atoms with Gasteiger partial charge in [-0.1, -0.05) is 13.3 Å². The predicted molar refractivity (Wildman–Crippen MR) is 105 cm³/mol. The number of hydrogen-bond acceptors (Lipinski definition) is 3. The molecular formula is C20H32N2O3S. The molecule has 0 radical (unpaired) electrons. The van der Waals surface area contributed by atoms with E-state index in [1.807, 2.05) is 34.6 Å². The third-order valence-corrected chi connectivity index (χ3v) is 8.04. The van der Waals surface area contributed by atoms with Crippen LogP contribution in [0.4, 0.5) is 0 Å². The van der Waals surface area contributed by atoms with Crippen molar-refractivity contribution >= 4 is 15.9 Å². The van der Waals surface area contributed by atoms with Gasteiger partial charge in [-0.25, -0.2) is 8.42 Å². The van der Waals surface area contributed by atoms with Crippen molar-refractivity contribution in [2.45, 2.75) is 65.7 Å². The molecule has 5 nitrogen and oxygen atoms in total. The third kappa shape index (κ3) is 3.81. The molecule has 1 aliphatic rings. The van der Waals surface area contributed by atoms with Crippen LogP contribution < -0.4 is 0 Å². The van der Waals surface area contributed by atoms with Crippen molar-refractivity contribution in [3.63, 3.8) is 0 Å². The van der Waals surface area contributed by atoms with Gasteiger partial charge >= 0.3 is 0 Å². The van der Waals surface area contributed by atoms with Crippen LogP contribution in [-0.2, 0) is 14.8 Å². The van der Waals surface area contributed by atoms with E-state index in [0.717, 1.165) is 40.7 Å². The lowest BCUT2D eigenvalue weighted by Crippen LogP contribution is -2.50. The van der Waals surface area contributed by atoms with E-state index in [2.05, 4.69) is 6.92 Å². The molecule has 0 unspecified atom stereocenters. The zero-order chi connectivity index (χ0) is 19.6. The smallest absolute Gasteiger partial charge is 0.243 e. The highest BCUT2D eigenvalue weighted by Gasteiger charge is 2.33. The summed E-state index contributed by atoms with van der Waals surface area (Å²) in [5, 5.41) is 0. The van der Waals surface area contributed by atoms with Crippen LogP contribution in [0.2, 0.25) is 0 Å². The first-order valence-electron chi connectivity index (χ1n) is 9.47. The van der Waals surface area contributed by atoms with E-state index < -0.39 is 10.0 Å². The molecule has 6 heteroatoms. The molecule has 0 aliphatic carbocycles. The van der Waals surface area contributed by atoms with E-state index in [0.29, 0.717) is 37.5 Å². The number of nitrogens with zero attached hydrogens (tertiary/aromatic N) is 2. The molecule has 0 aromatic heterocycles. The summed E-state index contributed by atoms with van der Waals surface area (Å²) in [6, 6.07) is 0. The molecule has 0 spiro atoms. The number of sulfonamides is 1. The number of rotatable bonds is 5. The van der Waals surface area contributed by atoms with Gasteiger partial charge in [0.25, 0.3) is 0 Å². The van der Waals surface area contributed by atoms with Gasteiger partial charge in [0.1, 0.15) is 0 Å². The number of carbonyl (C=O) groups excluding carboxylic acids is 1. The molecule has 1 aliphatic heterocycles.